The van der Waals surface area contributed by atoms with E-state index in [1.165, 1.54) is 12.1 Å². The highest BCUT2D eigenvalue weighted by molar-refractivity contribution is 5.07. The Bertz CT molecular complexity index is 214. The number of hydrogen-bond acceptors (Lipinski definition) is 3. The minimum Gasteiger partial charge on any atom is -0.380 e. The number of nitrogens with zero attached hydrogens (tertiary/aromatic N) is 1. The Morgan fingerprint density at radius 3 is 2.88 bits per heavy atom. The fourth-order valence-electron chi connectivity index (χ4n) is 1.90. The number of rotatable bonds is 7. The van der Waals surface area contributed by atoms with E-state index < -0.39 is 0 Å². The van der Waals surface area contributed by atoms with Gasteiger partial charge in [-0.05, 0) is 24.5 Å². The van der Waals surface area contributed by atoms with Crippen molar-refractivity contribution in [1.82, 2.24) is 10.2 Å². The molecule has 16 heavy (non-hydrogen) atoms. The van der Waals surface area contributed by atoms with E-state index in [2.05, 4.69) is 30.1 Å². The molecule has 0 aromatic heterocycles. The largest absolute Gasteiger partial charge is 0.380 e. The molecule has 3 heteroatoms. The lowest BCUT2D eigenvalue weighted by molar-refractivity contribution is 0.211. The summed E-state index contributed by atoms with van der Waals surface area (Å²) in [5.41, 5.74) is 1.45. The van der Waals surface area contributed by atoms with E-state index in [9.17, 15) is 0 Å². The zero-order valence-corrected chi connectivity index (χ0v) is 11.0. The second-order valence-electron chi connectivity index (χ2n) is 4.94. The van der Waals surface area contributed by atoms with Gasteiger partial charge in [-0.1, -0.05) is 19.9 Å². The Hall–Kier alpha value is -0.380. The monoisotopic (exact) mass is 226 g/mol. The zero-order chi connectivity index (χ0) is 11.8. The normalized spacial score (nSPS) is 17.9. The summed E-state index contributed by atoms with van der Waals surface area (Å²) in [6, 6.07) is 0. The third-order valence-corrected chi connectivity index (χ3v) is 2.87. The van der Waals surface area contributed by atoms with Gasteiger partial charge in [-0.15, -0.1) is 0 Å². The van der Waals surface area contributed by atoms with Crippen LogP contribution in [-0.2, 0) is 4.74 Å². The fraction of sp³-hybridized carbons (Fsp3) is 0.846. The van der Waals surface area contributed by atoms with Crippen LogP contribution in [-0.4, -0.2) is 51.3 Å². The van der Waals surface area contributed by atoms with Gasteiger partial charge in [0, 0.05) is 33.3 Å². The Labute approximate surface area is 99.8 Å². The van der Waals surface area contributed by atoms with Crippen LogP contribution in [0.3, 0.4) is 0 Å². The summed E-state index contributed by atoms with van der Waals surface area (Å²) in [5, 5.41) is 3.48. The van der Waals surface area contributed by atoms with Gasteiger partial charge in [-0.25, -0.2) is 0 Å². The minimum atomic E-state index is 0.745. The van der Waals surface area contributed by atoms with Crippen molar-refractivity contribution in [3.63, 3.8) is 0 Å². The number of ether oxygens (including phenoxy) is 1. The molecule has 0 aromatic carbocycles. The molecule has 94 valence electrons. The summed E-state index contributed by atoms with van der Waals surface area (Å²) in [7, 11) is 1.77. The quantitative estimate of drug-likeness (QED) is 0.526. The molecule has 0 unspecified atom stereocenters. The summed E-state index contributed by atoms with van der Waals surface area (Å²) in [6.45, 7) is 10.9. The van der Waals surface area contributed by atoms with Crippen molar-refractivity contribution >= 4 is 0 Å². The van der Waals surface area contributed by atoms with E-state index in [1.54, 1.807) is 7.11 Å². The van der Waals surface area contributed by atoms with Crippen LogP contribution in [0.4, 0.5) is 0 Å². The first-order valence-corrected chi connectivity index (χ1v) is 6.32. The van der Waals surface area contributed by atoms with Crippen LogP contribution in [0.2, 0.25) is 0 Å². The first-order chi connectivity index (χ1) is 7.72. The SMILES string of the molecule is COCC1=CCN(CCNCC(C)C)CC1. The maximum absolute atomic E-state index is 5.14. The Kier molecular flexibility index (Phi) is 6.69. The molecule has 1 aliphatic rings. The Morgan fingerprint density at radius 2 is 2.31 bits per heavy atom. The van der Waals surface area contributed by atoms with E-state index in [0.29, 0.717) is 0 Å². The molecule has 1 N–H and O–H groups in total. The van der Waals surface area contributed by atoms with Crippen LogP contribution in [0.25, 0.3) is 0 Å². The van der Waals surface area contributed by atoms with Crippen molar-refractivity contribution in [1.29, 1.82) is 0 Å². The number of methoxy groups -OCH3 is 1. The highest BCUT2D eigenvalue weighted by Gasteiger charge is 2.10. The molecular weight excluding hydrogens is 200 g/mol. The van der Waals surface area contributed by atoms with Gasteiger partial charge in [0.05, 0.1) is 6.61 Å². The lowest BCUT2D eigenvalue weighted by Crippen LogP contribution is -2.36. The fourth-order valence-corrected chi connectivity index (χ4v) is 1.90. The first kappa shape index (κ1) is 13.7. The van der Waals surface area contributed by atoms with Crippen molar-refractivity contribution < 1.29 is 4.74 Å². The van der Waals surface area contributed by atoms with Gasteiger partial charge in [0.15, 0.2) is 0 Å². The molecule has 0 fully saturated rings. The molecule has 1 heterocycles. The van der Waals surface area contributed by atoms with Gasteiger partial charge in [-0.2, -0.15) is 0 Å². The Balaban J connectivity index is 2.08. The molecular formula is C13H26N2O. The van der Waals surface area contributed by atoms with Crippen LogP contribution in [0.5, 0.6) is 0 Å². The molecule has 1 aliphatic heterocycles. The number of nitrogens with one attached hydrogen (secondary N) is 1. The van der Waals surface area contributed by atoms with Crippen molar-refractivity contribution in [2.45, 2.75) is 20.3 Å². The third kappa shape index (κ3) is 5.64. The molecule has 0 atom stereocenters. The van der Waals surface area contributed by atoms with Gasteiger partial charge in [0.2, 0.25) is 0 Å². The van der Waals surface area contributed by atoms with Crippen LogP contribution in [0.15, 0.2) is 11.6 Å². The Morgan fingerprint density at radius 1 is 1.50 bits per heavy atom. The molecule has 1 rings (SSSR count). The van der Waals surface area contributed by atoms with Crippen molar-refractivity contribution in [2.75, 3.05) is 46.4 Å². The van der Waals surface area contributed by atoms with E-state index >= 15 is 0 Å². The van der Waals surface area contributed by atoms with Gasteiger partial charge in [0.1, 0.15) is 0 Å². The second-order valence-corrected chi connectivity index (χ2v) is 4.94. The summed E-state index contributed by atoms with van der Waals surface area (Å²) >= 11 is 0. The molecule has 0 saturated carbocycles. The molecule has 0 spiro atoms. The van der Waals surface area contributed by atoms with Crippen molar-refractivity contribution in [3.8, 4) is 0 Å². The summed E-state index contributed by atoms with van der Waals surface area (Å²) in [4.78, 5) is 2.49. The van der Waals surface area contributed by atoms with E-state index in [0.717, 1.165) is 45.1 Å². The van der Waals surface area contributed by atoms with Gasteiger partial charge in [-0.3, -0.25) is 4.90 Å². The molecule has 0 saturated heterocycles. The molecule has 0 aromatic rings. The average molecular weight is 226 g/mol. The third-order valence-electron chi connectivity index (χ3n) is 2.87. The predicted octanol–water partition coefficient (Wildman–Crippen LogP) is 1.51. The van der Waals surface area contributed by atoms with Crippen LogP contribution < -0.4 is 5.32 Å². The summed E-state index contributed by atoms with van der Waals surface area (Å²) < 4.78 is 5.14. The lowest BCUT2D eigenvalue weighted by atomic mass is 10.1. The highest BCUT2D eigenvalue weighted by atomic mass is 16.5. The van der Waals surface area contributed by atoms with Crippen LogP contribution >= 0.6 is 0 Å². The maximum Gasteiger partial charge on any atom is 0.0673 e. The second kappa shape index (κ2) is 7.82. The molecule has 0 bridgehead atoms. The van der Waals surface area contributed by atoms with Gasteiger partial charge < -0.3 is 10.1 Å². The number of hydrogen-bond donors (Lipinski definition) is 1. The van der Waals surface area contributed by atoms with E-state index in [4.69, 9.17) is 4.74 Å². The minimum absolute atomic E-state index is 0.745. The topological polar surface area (TPSA) is 24.5 Å². The lowest BCUT2D eigenvalue weighted by Gasteiger charge is -2.26. The van der Waals surface area contributed by atoms with Crippen LogP contribution in [0, 0.1) is 5.92 Å². The van der Waals surface area contributed by atoms with Crippen molar-refractivity contribution in [3.05, 3.63) is 11.6 Å². The predicted molar refractivity (Wildman–Crippen MR) is 68.7 cm³/mol. The summed E-state index contributed by atoms with van der Waals surface area (Å²) in [5.74, 6) is 0.745. The van der Waals surface area contributed by atoms with E-state index in [1.807, 2.05) is 0 Å². The summed E-state index contributed by atoms with van der Waals surface area (Å²) in [6.07, 6.45) is 3.48. The van der Waals surface area contributed by atoms with Gasteiger partial charge >= 0.3 is 0 Å². The zero-order valence-electron chi connectivity index (χ0n) is 11.0. The standard InChI is InChI=1S/C13H26N2O/c1-12(2)10-14-6-9-15-7-4-13(5-8-15)11-16-3/h4,12,14H,5-11H2,1-3H3. The smallest absolute Gasteiger partial charge is 0.0673 e. The van der Waals surface area contributed by atoms with E-state index in [-0.39, 0.29) is 0 Å². The van der Waals surface area contributed by atoms with Crippen LogP contribution in [0.1, 0.15) is 20.3 Å². The molecule has 0 amide bonds. The van der Waals surface area contributed by atoms with Gasteiger partial charge in [0.25, 0.3) is 0 Å². The van der Waals surface area contributed by atoms with Crippen molar-refractivity contribution in [2.24, 2.45) is 5.92 Å². The molecule has 0 aliphatic carbocycles. The maximum atomic E-state index is 5.14. The average Bonchev–Trinajstić information content (AvgIpc) is 2.27. The molecule has 0 radical (unpaired) electrons. The molecule has 3 nitrogen and oxygen atoms in total. The highest BCUT2D eigenvalue weighted by Crippen LogP contribution is 2.09. The first-order valence-electron chi connectivity index (χ1n) is 6.32.